The number of amides is 1. The minimum Gasteiger partial charge on any atom is -0.495 e. The van der Waals surface area contributed by atoms with E-state index in [-0.39, 0.29) is 17.1 Å². The molecule has 0 fully saturated rings. The van der Waals surface area contributed by atoms with Crippen LogP contribution in [0.4, 0.5) is 11.4 Å². The molecule has 4 rings (SSSR count). The topological polar surface area (TPSA) is 126 Å². The van der Waals surface area contributed by atoms with Crippen molar-refractivity contribution in [3.63, 3.8) is 0 Å². The summed E-state index contributed by atoms with van der Waals surface area (Å²) in [6.45, 7) is 3.27. The lowest BCUT2D eigenvalue weighted by Gasteiger charge is -2.14. The summed E-state index contributed by atoms with van der Waals surface area (Å²) >= 11 is 1.22. The number of nitro benzene ring substituents is 1. The zero-order valence-electron chi connectivity index (χ0n) is 18.5. The van der Waals surface area contributed by atoms with Crippen LogP contribution in [0.3, 0.4) is 0 Å². The van der Waals surface area contributed by atoms with Gasteiger partial charge in [0.25, 0.3) is 11.6 Å². The van der Waals surface area contributed by atoms with Crippen LogP contribution in [-0.4, -0.2) is 39.8 Å². The van der Waals surface area contributed by atoms with E-state index >= 15 is 0 Å². The third-order valence-corrected chi connectivity index (χ3v) is 6.14. The highest BCUT2D eigenvalue weighted by Crippen LogP contribution is 2.32. The Morgan fingerprint density at radius 1 is 1.18 bits per heavy atom. The van der Waals surface area contributed by atoms with Crippen LogP contribution in [0.2, 0.25) is 0 Å². The molecule has 0 aliphatic carbocycles. The zero-order valence-corrected chi connectivity index (χ0v) is 19.3. The lowest BCUT2D eigenvalue weighted by Crippen LogP contribution is -2.30. The van der Waals surface area contributed by atoms with Gasteiger partial charge >= 0.3 is 5.97 Å². The Bertz CT molecular complexity index is 1400. The molecule has 4 aromatic rings. The van der Waals surface area contributed by atoms with Crippen LogP contribution in [0.25, 0.3) is 15.9 Å². The minimum absolute atomic E-state index is 0.102. The number of anilines is 1. The van der Waals surface area contributed by atoms with Crippen LogP contribution >= 0.6 is 11.3 Å². The predicted molar refractivity (Wildman–Crippen MR) is 127 cm³/mol. The number of nitrogens with zero attached hydrogens (tertiary/aromatic N) is 3. The number of rotatable bonds is 7. The fraction of sp³-hybridized carbons (Fsp3) is 0.174. The van der Waals surface area contributed by atoms with Crippen LogP contribution in [0, 0.1) is 17.0 Å². The number of fused-ring (bicyclic) bond motifs is 1. The number of benzene rings is 2. The van der Waals surface area contributed by atoms with Gasteiger partial charge < -0.3 is 14.8 Å². The van der Waals surface area contributed by atoms with Crippen molar-refractivity contribution in [1.82, 2.24) is 9.78 Å². The van der Waals surface area contributed by atoms with Crippen molar-refractivity contribution in [2.75, 3.05) is 12.4 Å². The van der Waals surface area contributed by atoms with Gasteiger partial charge in [-0.2, -0.15) is 5.10 Å². The van der Waals surface area contributed by atoms with Gasteiger partial charge in [-0.15, -0.1) is 11.3 Å². The number of aromatic nitrogens is 2. The van der Waals surface area contributed by atoms with Gasteiger partial charge in [0.2, 0.25) is 0 Å². The van der Waals surface area contributed by atoms with Gasteiger partial charge in [0, 0.05) is 17.5 Å². The quantitative estimate of drug-likeness (QED) is 0.235. The van der Waals surface area contributed by atoms with Gasteiger partial charge in [-0.25, -0.2) is 9.48 Å². The maximum atomic E-state index is 12.8. The third-order valence-electron chi connectivity index (χ3n) is 5.05. The average Bonchev–Trinajstić information content (AvgIpc) is 3.40. The van der Waals surface area contributed by atoms with Crippen molar-refractivity contribution in [2.24, 2.45) is 0 Å². The van der Waals surface area contributed by atoms with Crippen LogP contribution in [0.15, 0.2) is 54.6 Å². The highest BCUT2D eigenvalue weighted by atomic mass is 32.1. The molecule has 34 heavy (non-hydrogen) atoms. The Kier molecular flexibility index (Phi) is 6.28. The number of para-hydroxylation sites is 1. The fourth-order valence-electron chi connectivity index (χ4n) is 3.31. The lowest BCUT2D eigenvalue weighted by atomic mass is 10.2. The molecular weight excluding hydrogens is 460 g/mol. The van der Waals surface area contributed by atoms with Crippen LogP contribution in [0.1, 0.15) is 22.3 Å². The van der Waals surface area contributed by atoms with E-state index in [2.05, 4.69) is 10.4 Å². The number of hydrogen-bond donors (Lipinski definition) is 1. The van der Waals surface area contributed by atoms with E-state index in [0.29, 0.717) is 4.88 Å². The number of methoxy groups -OCH3 is 1. The molecule has 0 aliphatic rings. The van der Waals surface area contributed by atoms with E-state index < -0.39 is 22.9 Å². The summed E-state index contributed by atoms with van der Waals surface area (Å²) in [7, 11) is 1.38. The molecule has 1 N–H and O–H groups in total. The number of nitrogens with one attached hydrogen (secondary N) is 1. The van der Waals surface area contributed by atoms with E-state index in [0.717, 1.165) is 21.6 Å². The molecule has 10 nitrogen and oxygen atoms in total. The number of carbonyl (C=O) groups is 2. The smallest absolute Gasteiger partial charge is 0.349 e. The first-order chi connectivity index (χ1) is 16.3. The number of non-ortho nitro benzene ring substituents is 1. The standard InChI is InChI=1S/C23H20N4O6S/c1-13-17-12-20(34-22(17)26(25-13)15-7-5-4-6-8-15)23(29)33-14(2)21(28)24-18-11-16(27(30)31)9-10-19(18)32-3/h4-12,14H,1-3H3,(H,24,28). The normalized spacial score (nSPS) is 11.7. The largest absolute Gasteiger partial charge is 0.495 e. The number of esters is 1. The molecule has 0 saturated heterocycles. The molecule has 1 atom stereocenters. The maximum Gasteiger partial charge on any atom is 0.349 e. The number of hydrogen-bond acceptors (Lipinski definition) is 8. The van der Waals surface area contributed by atoms with Gasteiger partial charge in [0.1, 0.15) is 15.5 Å². The van der Waals surface area contributed by atoms with E-state index in [1.165, 1.54) is 43.6 Å². The van der Waals surface area contributed by atoms with Crippen molar-refractivity contribution in [1.29, 1.82) is 0 Å². The Morgan fingerprint density at radius 3 is 2.59 bits per heavy atom. The summed E-state index contributed by atoms with van der Waals surface area (Å²) in [5.74, 6) is -1.07. The summed E-state index contributed by atoms with van der Waals surface area (Å²) in [4.78, 5) is 37.0. The van der Waals surface area contributed by atoms with Crippen LogP contribution < -0.4 is 10.1 Å². The molecule has 11 heteroatoms. The summed E-state index contributed by atoms with van der Waals surface area (Å²) in [6, 6.07) is 15.0. The number of thiophene rings is 1. The Balaban J connectivity index is 1.51. The molecule has 0 saturated carbocycles. The Labute approximate surface area is 197 Å². The molecule has 0 aliphatic heterocycles. The lowest BCUT2D eigenvalue weighted by molar-refractivity contribution is -0.384. The van der Waals surface area contributed by atoms with Crippen molar-refractivity contribution in [3.05, 3.63) is 75.3 Å². The summed E-state index contributed by atoms with van der Waals surface area (Å²) < 4.78 is 12.3. The second-order valence-corrected chi connectivity index (χ2v) is 8.37. The van der Waals surface area contributed by atoms with E-state index in [1.807, 2.05) is 37.3 Å². The maximum absolute atomic E-state index is 12.8. The summed E-state index contributed by atoms with van der Waals surface area (Å²) in [5.41, 5.74) is 1.51. The fourth-order valence-corrected chi connectivity index (χ4v) is 4.37. The zero-order chi connectivity index (χ0) is 24.4. The highest BCUT2D eigenvalue weighted by molar-refractivity contribution is 7.20. The average molecular weight is 481 g/mol. The first-order valence-electron chi connectivity index (χ1n) is 10.2. The van der Waals surface area contributed by atoms with Gasteiger partial charge in [-0.05, 0) is 38.1 Å². The van der Waals surface area contributed by atoms with Gasteiger partial charge in [-0.1, -0.05) is 18.2 Å². The molecular formula is C23H20N4O6S. The minimum atomic E-state index is -1.16. The predicted octanol–water partition coefficient (Wildman–Crippen LogP) is 4.50. The van der Waals surface area contributed by atoms with E-state index in [1.54, 1.807) is 10.7 Å². The SMILES string of the molecule is COc1ccc([N+](=O)[O-])cc1NC(=O)C(C)OC(=O)c1cc2c(C)nn(-c3ccccc3)c2s1. The third kappa shape index (κ3) is 4.46. The summed E-state index contributed by atoms with van der Waals surface area (Å²) in [6.07, 6.45) is -1.16. The molecule has 2 aromatic carbocycles. The number of ether oxygens (including phenoxy) is 2. The number of aryl methyl sites for hydroxylation is 1. The van der Waals surface area contributed by atoms with Crippen molar-refractivity contribution < 1.29 is 24.0 Å². The monoisotopic (exact) mass is 480 g/mol. The molecule has 174 valence electrons. The molecule has 1 unspecified atom stereocenters. The highest BCUT2D eigenvalue weighted by Gasteiger charge is 2.24. The second kappa shape index (κ2) is 9.32. The molecule has 0 bridgehead atoms. The van der Waals surface area contributed by atoms with Crippen molar-refractivity contribution in [2.45, 2.75) is 20.0 Å². The molecule has 0 spiro atoms. The van der Waals surface area contributed by atoms with Crippen molar-refractivity contribution in [3.8, 4) is 11.4 Å². The Morgan fingerprint density at radius 2 is 1.91 bits per heavy atom. The number of carbonyl (C=O) groups excluding carboxylic acids is 2. The van der Waals surface area contributed by atoms with E-state index in [9.17, 15) is 19.7 Å². The van der Waals surface area contributed by atoms with Crippen LogP contribution in [-0.2, 0) is 9.53 Å². The van der Waals surface area contributed by atoms with Gasteiger partial charge in [0.05, 0.1) is 29.1 Å². The number of nitro groups is 1. The molecule has 2 aromatic heterocycles. The molecule has 1 amide bonds. The molecule has 0 radical (unpaired) electrons. The first-order valence-corrected chi connectivity index (χ1v) is 11.0. The summed E-state index contributed by atoms with van der Waals surface area (Å²) in [5, 5.41) is 18.9. The van der Waals surface area contributed by atoms with E-state index in [4.69, 9.17) is 9.47 Å². The Hall–Kier alpha value is -4.25. The van der Waals surface area contributed by atoms with Crippen molar-refractivity contribution >= 4 is 44.8 Å². The molecule has 2 heterocycles. The van der Waals surface area contributed by atoms with Gasteiger partial charge in [-0.3, -0.25) is 14.9 Å². The van der Waals surface area contributed by atoms with Gasteiger partial charge in [0.15, 0.2) is 6.10 Å². The van der Waals surface area contributed by atoms with Crippen LogP contribution in [0.5, 0.6) is 5.75 Å². The first kappa shape index (κ1) is 22.9. The second-order valence-electron chi connectivity index (χ2n) is 7.34.